The topological polar surface area (TPSA) is 114 Å². The summed E-state index contributed by atoms with van der Waals surface area (Å²) in [6, 6.07) is 4.17. The molecule has 0 unspecified atom stereocenters. The second-order valence-electron chi connectivity index (χ2n) is 4.82. The second kappa shape index (κ2) is 6.13. The molecule has 0 saturated heterocycles. The molecule has 1 aromatic carbocycles. The van der Waals surface area contributed by atoms with E-state index in [9.17, 15) is 14.9 Å². The fourth-order valence-corrected chi connectivity index (χ4v) is 1.86. The van der Waals surface area contributed by atoms with Crippen LogP contribution in [0.5, 0.6) is 11.5 Å². The fourth-order valence-electron chi connectivity index (χ4n) is 1.86. The number of benzene rings is 1. The average molecular weight is 303 g/mol. The molecule has 0 atom stereocenters. The number of nitriles is 1. The first kappa shape index (κ1) is 15.3. The Bertz CT molecular complexity index is 703. The summed E-state index contributed by atoms with van der Waals surface area (Å²) < 4.78 is 10.2. The third kappa shape index (κ3) is 3.15. The van der Waals surface area contributed by atoms with Gasteiger partial charge in [-0.25, -0.2) is 0 Å². The number of hydrogen-bond donors (Lipinski definition) is 1. The summed E-state index contributed by atoms with van der Waals surface area (Å²) in [5.41, 5.74) is -0.394. The van der Waals surface area contributed by atoms with Crippen molar-refractivity contribution in [3.8, 4) is 17.6 Å². The van der Waals surface area contributed by atoms with Crippen LogP contribution in [0.2, 0.25) is 0 Å². The molecule has 22 heavy (non-hydrogen) atoms. The maximum Gasteiger partial charge on any atom is 0.280 e. The Labute approximate surface area is 126 Å². The minimum Gasteiger partial charge on any atom is -0.454 e. The van der Waals surface area contributed by atoms with E-state index in [2.05, 4.69) is 5.32 Å². The Morgan fingerprint density at radius 1 is 1.45 bits per heavy atom. The van der Waals surface area contributed by atoms with Gasteiger partial charge in [0.05, 0.1) is 16.6 Å². The van der Waals surface area contributed by atoms with Crippen molar-refractivity contribution in [2.24, 2.45) is 0 Å². The van der Waals surface area contributed by atoms with Crippen molar-refractivity contribution in [2.45, 2.75) is 19.9 Å². The highest BCUT2D eigenvalue weighted by Gasteiger charge is 2.23. The van der Waals surface area contributed by atoms with Crippen molar-refractivity contribution in [3.63, 3.8) is 0 Å². The SMILES string of the molecule is CC(C)NC(=O)/C(C#N)=C/c1cc2c(cc1[N+](=O)[O-])OCO2. The van der Waals surface area contributed by atoms with Crippen LogP contribution in [0.3, 0.4) is 0 Å². The van der Waals surface area contributed by atoms with Gasteiger partial charge in [0, 0.05) is 6.04 Å². The van der Waals surface area contributed by atoms with Crippen LogP contribution in [-0.4, -0.2) is 23.7 Å². The predicted molar refractivity (Wildman–Crippen MR) is 76.1 cm³/mol. The van der Waals surface area contributed by atoms with E-state index in [-0.39, 0.29) is 35.4 Å². The van der Waals surface area contributed by atoms with E-state index in [1.54, 1.807) is 19.9 Å². The Morgan fingerprint density at radius 2 is 2.09 bits per heavy atom. The molecule has 0 radical (unpaired) electrons. The van der Waals surface area contributed by atoms with Crippen LogP contribution < -0.4 is 14.8 Å². The smallest absolute Gasteiger partial charge is 0.280 e. The summed E-state index contributed by atoms with van der Waals surface area (Å²) in [6.07, 6.45) is 1.16. The lowest BCUT2D eigenvalue weighted by molar-refractivity contribution is -0.385. The molecular weight excluding hydrogens is 290 g/mol. The van der Waals surface area contributed by atoms with Gasteiger partial charge in [-0.15, -0.1) is 0 Å². The van der Waals surface area contributed by atoms with E-state index in [4.69, 9.17) is 14.7 Å². The van der Waals surface area contributed by atoms with Gasteiger partial charge in [0.1, 0.15) is 11.6 Å². The first-order chi connectivity index (χ1) is 10.4. The van der Waals surface area contributed by atoms with Crippen LogP contribution >= 0.6 is 0 Å². The standard InChI is InChI=1S/C14H13N3O5/c1-8(2)16-14(18)10(6-15)3-9-4-12-13(22-7-21-12)5-11(9)17(19)20/h3-5,8H,7H2,1-2H3,(H,16,18)/b10-3+. The number of nitro benzene ring substituents is 1. The van der Waals surface area contributed by atoms with E-state index in [1.165, 1.54) is 12.1 Å². The number of carbonyl (C=O) groups excluding carboxylic acids is 1. The molecule has 0 aliphatic carbocycles. The zero-order valence-electron chi connectivity index (χ0n) is 12.0. The molecular formula is C14H13N3O5. The minimum absolute atomic E-state index is 0.0292. The maximum absolute atomic E-state index is 11.9. The number of amides is 1. The molecule has 114 valence electrons. The molecule has 2 rings (SSSR count). The van der Waals surface area contributed by atoms with E-state index >= 15 is 0 Å². The summed E-state index contributed by atoms with van der Waals surface area (Å²) in [5.74, 6) is -0.00291. The molecule has 1 N–H and O–H groups in total. The van der Waals surface area contributed by atoms with Crippen LogP contribution in [0, 0.1) is 21.4 Å². The van der Waals surface area contributed by atoms with Crippen LogP contribution in [0.1, 0.15) is 19.4 Å². The van der Waals surface area contributed by atoms with Crippen LogP contribution in [0.15, 0.2) is 17.7 Å². The number of nitrogens with zero attached hydrogens (tertiary/aromatic N) is 2. The van der Waals surface area contributed by atoms with Crippen molar-refractivity contribution >= 4 is 17.7 Å². The summed E-state index contributed by atoms with van der Waals surface area (Å²) in [6.45, 7) is 3.46. The molecule has 8 heteroatoms. The Balaban J connectivity index is 2.46. The Hall–Kier alpha value is -3.08. The fraction of sp³-hybridized carbons (Fsp3) is 0.286. The Morgan fingerprint density at radius 3 is 2.64 bits per heavy atom. The number of hydrogen-bond acceptors (Lipinski definition) is 6. The molecule has 1 aromatic rings. The number of carbonyl (C=O) groups is 1. The van der Waals surface area contributed by atoms with E-state index in [0.717, 1.165) is 6.08 Å². The lowest BCUT2D eigenvalue weighted by atomic mass is 10.1. The van der Waals surface area contributed by atoms with E-state index in [1.807, 2.05) is 0 Å². The molecule has 0 aromatic heterocycles. The normalized spacial score (nSPS) is 12.9. The van der Waals surface area contributed by atoms with Crippen molar-refractivity contribution in [3.05, 3.63) is 33.4 Å². The van der Waals surface area contributed by atoms with Gasteiger partial charge in [-0.1, -0.05) is 0 Å². The molecule has 0 spiro atoms. The van der Waals surface area contributed by atoms with Crippen molar-refractivity contribution in [2.75, 3.05) is 6.79 Å². The number of rotatable bonds is 4. The van der Waals surface area contributed by atoms with Gasteiger partial charge in [-0.2, -0.15) is 5.26 Å². The quantitative estimate of drug-likeness (QED) is 0.392. The second-order valence-corrected chi connectivity index (χ2v) is 4.82. The summed E-state index contributed by atoms with van der Waals surface area (Å²) in [4.78, 5) is 22.4. The van der Waals surface area contributed by atoms with Gasteiger partial charge < -0.3 is 14.8 Å². The zero-order chi connectivity index (χ0) is 16.3. The van der Waals surface area contributed by atoms with Gasteiger partial charge in [0.25, 0.3) is 11.6 Å². The summed E-state index contributed by atoms with van der Waals surface area (Å²) in [5, 5.41) is 22.8. The average Bonchev–Trinajstić information content (AvgIpc) is 2.89. The van der Waals surface area contributed by atoms with E-state index in [0.29, 0.717) is 5.75 Å². The highest BCUT2D eigenvalue weighted by molar-refractivity contribution is 6.02. The van der Waals surface area contributed by atoms with Crippen molar-refractivity contribution in [1.82, 2.24) is 5.32 Å². The number of nitro groups is 1. The third-order valence-electron chi connectivity index (χ3n) is 2.80. The van der Waals surface area contributed by atoms with Gasteiger partial charge in [-0.05, 0) is 26.0 Å². The largest absolute Gasteiger partial charge is 0.454 e. The molecule has 1 amide bonds. The summed E-state index contributed by atoms with van der Waals surface area (Å²) >= 11 is 0. The highest BCUT2D eigenvalue weighted by atomic mass is 16.7. The van der Waals surface area contributed by atoms with Gasteiger partial charge >= 0.3 is 0 Å². The van der Waals surface area contributed by atoms with Gasteiger partial charge in [-0.3, -0.25) is 14.9 Å². The number of ether oxygens (including phenoxy) is 2. The third-order valence-corrected chi connectivity index (χ3v) is 2.80. The number of fused-ring (bicyclic) bond motifs is 1. The van der Waals surface area contributed by atoms with Gasteiger partial charge in [0.15, 0.2) is 11.5 Å². The summed E-state index contributed by atoms with van der Waals surface area (Å²) in [7, 11) is 0. The van der Waals surface area contributed by atoms with Crippen LogP contribution in [0.25, 0.3) is 6.08 Å². The lowest BCUT2D eigenvalue weighted by Crippen LogP contribution is -2.30. The molecule has 0 saturated carbocycles. The molecule has 0 fully saturated rings. The lowest BCUT2D eigenvalue weighted by Gasteiger charge is -2.07. The Kier molecular flexibility index (Phi) is 4.27. The molecule has 1 heterocycles. The molecule has 8 nitrogen and oxygen atoms in total. The number of nitrogens with one attached hydrogen (secondary N) is 1. The van der Waals surface area contributed by atoms with Crippen LogP contribution in [0.4, 0.5) is 5.69 Å². The van der Waals surface area contributed by atoms with Gasteiger partial charge in [0.2, 0.25) is 6.79 Å². The predicted octanol–water partition coefficient (Wildman–Crippen LogP) is 1.76. The maximum atomic E-state index is 11.9. The molecule has 1 aliphatic heterocycles. The van der Waals surface area contributed by atoms with Crippen molar-refractivity contribution in [1.29, 1.82) is 5.26 Å². The zero-order valence-corrected chi connectivity index (χ0v) is 12.0. The first-order valence-electron chi connectivity index (χ1n) is 6.43. The van der Waals surface area contributed by atoms with E-state index < -0.39 is 10.8 Å². The molecule has 1 aliphatic rings. The van der Waals surface area contributed by atoms with Crippen molar-refractivity contribution < 1.29 is 19.2 Å². The monoisotopic (exact) mass is 303 g/mol. The first-order valence-corrected chi connectivity index (χ1v) is 6.43. The van der Waals surface area contributed by atoms with Crippen LogP contribution in [-0.2, 0) is 4.79 Å². The highest BCUT2D eigenvalue weighted by Crippen LogP contribution is 2.38. The molecule has 0 bridgehead atoms. The minimum atomic E-state index is -0.608.